The topological polar surface area (TPSA) is 55.0 Å². The Bertz CT molecular complexity index is 549. The molecule has 1 aliphatic rings. The van der Waals surface area contributed by atoms with Crippen LogP contribution in [0.2, 0.25) is 0 Å². The number of hydrogen-bond donors (Lipinski definition) is 1. The first-order chi connectivity index (χ1) is 8.79. The summed E-state index contributed by atoms with van der Waals surface area (Å²) >= 11 is 0. The van der Waals surface area contributed by atoms with Gasteiger partial charge in [0.2, 0.25) is 0 Å². The van der Waals surface area contributed by atoms with E-state index in [1.807, 2.05) is 18.3 Å². The molecule has 2 N–H and O–H groups in total. The lowest BCUT2D eigenvalue weighted by Gasteiger charge is -2.24. The molecule has 2 heterocycles. The van der Waals surface area contributed by atoms with Crippen molar-refractivity contribution in [3.05, 3.63) is 30.5 Å². The standard InChI is InChI=1S/C14H18N4/c1-10-6-11(7-15)9-18(10)14-8-16-17-13-5-3-2-4-12(13)14/h2-5,8,10-11H,6-7,9,15H2,1H3. The van der Waals surface area contributed by atoms with E-state index in [1.54, 1.807) is 0 Å². The lowest BCUT2D eigenvalue weighted by Crippen LogP contribution is -2.27. The highest BCUT2D eigenvalue weighted by atomic mass is 15.2. The molecular formula is C14H18N4. The van der Waals surface area contributed by atoms with Crippen molar-refractivity contribution in [2.75, 3.05) is 18.0 Å². The maximum Gasteiger partial charge on any atom is 0.0950 e. The van der Waals surface area contributed by atoms with Crippen LogP contribution < -0.4 is 10.6 Å². The van der Waals surface area contributed by atoms with Gasteiger partial charge >= 0.3 is 0 Å². The van der Waals surface area contributed by atoms with Gasteiger partial charge in [0.1, 0.15) is 0 Å². The van der Waals surface area contributed by atoms with E-state index in [0.717, 1.165) is 25.0 Å². The molecule has 0 aliphatic carbocycles. The molecule has 2 atom stereocenters. The highest BCUT2D eigenvalue weighted by Crippen LogP contribution is 2.32. The van der Waals surface area contributed by atoms with Crippen molar-refractivity contribution < 1.29 is 0 Å². The number of nitrogens with two attached hydrogens (primary N) is 1. The van der Waals surface area contributed by atoms with Crippen LogP contribution in [0, 0.1) is 5.92 Å². The zero-order valence-corrected chi connectivity index (χ0v) is 10.6. The predicted octanol–water partition coefficient (Wildman–Crippen LogP) is 1.80. The van der Waals surface area contributed by atoms with Gasteiger partial charge in [-0.2, -0.15) is 10.2 Å². The van der Waals surface area contributed by atoms with Gasteiger partial charge in [-0.05, 0) is 31.9 Å². The van der Waals surface area contributed by atoms with Crippen LogP contribution in [0.15, 0.2) is 30.5 Å². The molecule has 0 radical (unpaired) electrons. The minimum absolute atomic E-state index is 0.520. The first-order valence-electron chi connectivity index (χ1n) is 6.46. The van der Waals surface area contributed by atoms with Gasteiger partial charge in [0, 0.05) is 18.0 Å². The lowest BCUT2D eigenvalue weighted by atomic mass is 10.1. The van der Waals surface area contributed by atoms with Gasteiger partial charge in [-0.3, -0.25) is 0 Å². The van der Waals surface area contributed by atoms with Crippen molar-refractivity contribution >= 4 is 16.6 Å². The van der Waals surface area contributed by atoms with Crippen LogP contribution in [0.4, 0.5) is 5.69 Å². The van der Waals surface area contributed by atoms with E-state index in [0.29, 0.717) is 12.0 Å². The van der Waals surface area contributed by atoms with Gasteiger partial charge in [0.15, 0.2) is 0 Å². The van der Waals surface area contributed by atoms with Crippen LogP contribution in [-0.2, 0) is 0 Å². The Hall–Kier alpha value is -1.68. The maximum absolute atomic E-state index is 5.79. The molecule has 2 unspecified atom stereocenters. The number of benzene rings is 1. The lowest BCUT2D eigenvalue weighted by molar-refractivity contribution is 0.579. The number of anilines is 1. The summed E-state index contributed by atoms with van der Waals surface area (Å²) in [5, 5.41) is 9.47. The molecule has 2 aromatic rings. The van der Waals surface area contributed by atoms with Crippen molar-refractivity contribution in [1.82, 2.24) is 10.2 Å². The molecule has 18 heavy (non-hydrogen) atoms. The molecule has 1 saturated heterocycles. The summed E-state index contributed by atoms with van der Waals surface area (Å²) in [5.74, 6) is 0.590. The van der Waals surface area contributed by atoms with Gasteiger partial charge in [-0.15, -0.1) is 0 Å². The van der Waals surface area contributed by atoms with Crippen LogP contribution in [0.1, 0.15) is 13.3 Å². The summed E-state index contributed by atoms with van der Waals surface area (Å²) in [6, 6.07) is 8.69. The Kier molecular flexibility index (Phi) is 2.88. The van der Waals surface area contributed by atoms with Crippen molar-refractivity contribution in [3.63, 3.8) is 0 Å². The molecule has 1 aromatic heterocycles. The molecule has 0 saturated carbocycles. The highest BCUT2D eigenvalue weighted by Gasteiger charge is 2.29. The second kappa shape index (κ2) is 4.53. The van der Waals surface area contributed by atoms with Crippen LogP contribution in [0.3, 0.4) is 0 Å². The summed E-state index contributed by atoms with van der Waals surface area (Å²) in [7, 11) is 0. The fourth-order valence-corrected chi connectivity index (χ4v) is 2.87. The quantitative estimate of drug-likeness (QED) is 0.872. The zero-order chi connectivity index (χ0) is 12.5. The summed E-state index contributed by atoms with van der Waals surface area (Å²) in [4.78, 5) is 2.41. The third kappa shape index (κ3) is 1.82. The van der Waals surface area contributed by atoms with Crippen LogP contribution in [-0.4, -0.2) is 29.3 Å². The zero-order valence-electron chi connectivity index (χ0n) is 10.6. The molecule has 3 rings (SSSR count). The van der Waals surface area contributed by atoms with Crippen molar-refractivity contribution in [3.8, 4) is 0 Å². The molecule has 4 heteroatoms. The summed E-state index contributed by atoms with van der Waals surface area (Å²) in [5.41, 5.74) is 7.94. The van der Waals surface area contributed by atoms with Gasteiger partial charge in [-0.1, -0.05) is 18.2 Å². The monoisotopic (exact) mass is 242 g/mol. The summed E-state index contributed by atoms with van der Waals surface area (Å²) in [6.45, 7) is 4.04. The molecule has 4 nitrogen and oxygen atoms in total. The number of nitrogens with zero attached hydrogens (tertiary/aromatic N) is 3. The molecule has 0 amide bonds. The van der Waals surface area contributed by atoms with E-state index in [9.17, 15) is 0 Å². The van der Waals surface area contributed by atoms with E-state index in [2.05, 4.69) is 34.2 Å². The smallest absolute Gasteiger partial charge is 0.0950 e. The van der Waals surface area contributed by atoms with Gasteiger partial charge in [-0.25, -0.2) is 0 Å². The molecule has 94 valence electrons. The Labute approximate surface area is 107 Å². The fourth-order valence-electron chi connectivity index (χ4n) is 2.87. The Balaban J connectivity index is 2.04. The van der Waals surface area contributed by atoms with Crippen molar-refractivity contribution in [2.24, 2.45) is 11.7 Å². The number of rotatable bonds is 2. The number of fused-ring (bicyclic) bond motifs is 1. The third-order valence-corrected chi connectivity index (χ3v) is 3.83. The van der Waals surface area contributed by atoms with Crippen LogP contribution in [0.5, 0.6) is 0 Å². The first-order valence-corrected chi connectivity index (χ1v) is 6.46. The maximum atomic E-state index is 5.79. The van der Waals surface area contributed by atoms with Gasteiger partial charge < -0.3 is 10.6 Å². The van der Waals surface area contributed by atoms with E-state index in [1.165, 1.54) is 11.1 Å². The second-order valence-corrected chi connectivity index (χ2v) is 5.09. The minimum atomic E-state index is 0.520. The van der Waals surface area contributed by atoms with E-state index < -0.39 is 0 Å². The highest BCUT2D eigenvalue weighted by molar-refractivity contribution is 5.90. The molecule has 1 aliphatic heterocycles. The van der Waals surface area contributed by atoms with E-state index >= 15 is 0 Å². The van der Waals surface area contributed by atoms with E-state index in [-0.39, 0.29) is 0 Å². The Morgan fingerprint density at radius 1 is 1.39 bits per heavy atom. The van der Waals surface area contributed by atoms with Crippen molar-refractivity contribution in [1.29, 1.82) is 0 Å². The van der Waals surface area contributed by atoms with E-state index in [4.69, 9.17) is 5.73 Å². The second-order valence-electron chi connectivity index (χ2n) is 5.09. The number of hydrogen-bond acceptors (Lipinski definition) is 4. The Morgan fingerprint density at radius 3 is 3.00 bits per heavy atom. The first kappa shape index (κ1) is 11.4. The molecule has 1 aromatic carbocycles. The van der Waals surface area contributed by atoms with Crippen molar-refractivity contribution in [2.45, 2.75) is 19.4 Å². The van der Waals surface area contributed by atoms with Gasteiger partial charge in [0.25, 0.3) is 0 Å². The molecule has 0 bridgehead atoms. The third-order valence-electron chi connectivity index (χ3n) is 3.83. The minimum Gasteiger partial charge on any atom is -0.367 e. The summed E-state index contributed by atoms with van der Waals surface area (Å²) in [6.07, 6.45) is 3.03. The largest absolute Gasteiger partial charge is 0.367 e. The Morgan fingerprint density at radius 2 is 2.22 bits per heavy atom. The average molecular weight is 242 g/mol. The predicted molar refractivity (Wildman–Crippen MR) is 73.5 cm³/mol. The molecule has 1 fully saturated rings. The molecule has 0 spiro atoms. The fraction of sp³-hybridized carbons (Fsp3) is 0.429. The van der Waals surface area contributed by atoms with Crippen LogP contribution in [0.25, 0.3) is 10.9 Å². The number of aromatic nitrogens is 2. The SMILES string of the molecule is CC1CC(CN)CN1c1cnnc2ccccc12. The average Bonchev–Trinajstić information content (AvgIpc) is 2.79. The van der Waals surface area contributed by atoms with Gasteiger partial charge in [0.05, 0.1) is 17.4 Å². The molecular weight excluding hydrogens is 224 g/mol. The van der Waals surface area contributed by atoms with Crippen LogP contribution >= 0.6 is 0 Å². The summed E-state index contributed by atoms with van der Waals surface area (Å²) < 4.78 is 0. The normalized spacial score (nSPS) is 23.8.